The first-order chi connectivity index (χ1) is 28.3. The number of methoxy groups -OCH3 is 2. The van der Waals surface area contributed by atoms with Crippen molar-refractivity contribution in [1.29, 1.82) is 0 Å². The zero-order chi connectivity index (χ0) is 40.4. The number of aromatic amines is 2. The van der Waals surface area contributed by atoms with Crippen LogP contribution in [0.1, 0.15) is 66.7 Å². The minimum atomic E-state index is -0.888. The molecular weight excluding hydrogens is 741 g/mol. The number of likely N-dealkylation sites (tertiary alicyclic amines) is 1. The van der Waals surface area contributed by atoms with Gasteiger partial charge in [-0.1, -0.05) is 84.9 Å². The summed E-state index contributed by atoms with van der Waals surface area (Å²) in [6.07, 6.45) is 7.19. The second kappa shape index (κ2) is 18.4. The maximum absolute atomic E-state index is 13.9. The molecule has 298 valence electrons. The topological polar surface area (TPSA) is 201 Å². The molecule has 3 amide bonds. The molecule has 3 aromatic heterocycles. The molecule has 58 heavy (non-hydrogen) atoms. The van der Waals surface area contributed by atoms with Crippen LogP contribution in [0.15, 0.2) is 110 Å². The first kappa shape index (κ1) is 39.3. The standard InChI is InChI=1S/C42H44N10O6/c1-26(51-58-25-35(49-41(54)56-2)27-11-6-4-7-12-27)38-45-24-34(48-38)33-23-43-31(21-44-33)28-16-18-29(19-17-28)32-22-46-39(47-32)36-15-10-20-52(36)40(53)37(50-42(55)57-3)30-13-8-5-9-14-30/h4-9,11-14,16-19,21-24,26,35-37,51H,10,15,20,25H2,1-3H3,(H,45,48)(H,46,47)(H,49,54)(H,50,55)/t26-,35-,36-,37+/m0/s1. The van der Waals surface area contributed by atoms with Crippen molar-refractivity contribution >= 4 is 18.1 Å². The maximum atomic E-state index is 13.9. The number of hydrogen-bond acceptors (Lipinski definition) is 11. The van der Waals surface area contributed by atoms with Crippen molar-refractivity contribution in [3.8, 4) is 33.9 Å². The normalized spacial score (nSPS) is 15.3. The van der Waals surface area contributed by atoms with Crippen LogP contribution in [0, 0.1) is 0 Å². The lowest BCUT2D eigenvalue weighted by Crippen LogP contribution is -2.42. The van der Waals surface area contributed by atoms with Crippen LogP contribution in [-0.4, -0.2) is 80.3 Å². The Hall–Kier alpha value is -6.91. The molecule has 16 nitrogen and oxygen atoms in total. The van der Waals surface area contributed by atoms with Crippen molar-refractivity contribution in [2.45, 2.75) is 43.9 Å². The number of amides is 3. The lowest BCUT2D eigenvalue weighted by Gasteiger charge is -2.28. The Morgan fingerprint density at radius 3 is 2.07 bits per heavy atom. The first-order valence-corrected chi connectivity index (χ1v) is 18.8. The van der Waals surface area contributed by atoms with Crippen molar-refractivity contribution in [3.05, 3.63) is 132 Å². The van der Waals surface area contributed by atoms with Crippen LogP contribution < -0.4 is 16.1 Å². The van der Waals surface area contributed by atoms with Gasteiger partial charge in [0, 0.05) is 12.1 Å². The summed E-state index contributed by atoms with van der Waals surface area (Å²) in [5.74, 6) is 1.09. The van der Waals surface area contributed by atoms with E-state index in [1.165, 1.54) is 14.2 Å². The third kappa shape index (κ3) is 9.20. The lowest BCUT2D eigenvalue weighted by molar-refractivity contribution is -0.134. The molecule has 7 rings (SSSR count). The third-order valence-corrected chi connectivity index (χ3v) is 9.89. The van der Waals surface area contributed by atoms with E-state index in [1.54, 1.807) is 29.7 Å². The third-order valence-electron chi connectivity index (χ3n) is 9.89. The number of carbonyl (C=O) groups excluding carboxylic acids is 3. The highest BCUT2D eigenvalue weighted by molar-refractivity contribution is 5.87. The molecule has 6 aromatic rings. The van der Waals surface area contributed by atoms with E-state index < -0.39 is 24.3 Å². The summed E-state index contributed by atoms with van der Waals surface area (Å²) in [4.78, 5) is 70.7. The molecule has 1 fully saturated rings. The largest absolute Gasteiger partial charge is 0.453 e. The number of ether oxygens (including phenoxy) is 2. The van der Waals surface area contributed by atoms with Gasteiger partial charge in [0.1, 0.15) is 23.4 Å². The number of imidazole rings is 2. The summed E-state index contributed by atoms with van der Waals surface area (Å²) in [5, 5.41) is 5.48. The molecule has 5 N–H and O–H groups in total. The number of hydroxylamine groups is 1. The molecule has 4 heterocycles. The summed E-state index contributed by atoms with van der Waals surface area (Å²) in [5.41, 5.74) is 9.17. The van der Waals surface area contributed by atoms with Gasteiger partial charge in [0.05, 0.1) is 80.8 Å². The molecule has 4 atom stereocenters. The van der Waals surface area contributed by atoms with Gasteiger partial charge < -0.3 is 35.0 Å². The number of nitrogens with zero attached hydrogens (tertiary/aromatic N) is 5. The molecule has 0 spiro atoms. The number of rotatable bonds is 14. The SMILES string of the molecule is COC(=O)N[C@@H](CON[C@@H](C)c1ncc(-c2cnc(-c3ccc(-c4cnc([C@@H]5CCCN5C(=O)[C@H](NC(=O)OC)c5ccccc5)[nH]4)cc3)cn2)[nH]1)c1ccccc1. The number of carbonyl (C=O) groups is 3. The van der Waals surface area contributed by atoms with Crippen LogP contribution in [0.2, 0.25) is 0 Å². The van der Waals surface area contributed by atoms with Crippen molar-refractivity contribution in [2.24, 2.45) is 0 Å². The van der Waals surface area contributed by atoms with Gasteiger partial charge in [-0.25, -0.2) is 19.6 Å². The average molecular weight is 785 g/mol. The average Bonchev–Trinajstić information content (AvgIpc) is 4.08. The van der Waals surface area contributed by atoms with Gasteiger partial charge in [0.2, 0.25) is 0 Å². The van der Waals surface area contributed by atoms with Crippen LogP contribution in [0.25, 0.3) is 33.9 Å². The van der Waals surface area contributed by atoms with Crippen molar-refractivity contribution in [1.82, 2.24) is 50.9 Å². The molecule has 3 aromatic carbocycles. The molecule has 0 aliphatic carbocycles. The Labute approximate surface area is 334 Å². The van der Waals surface area contributed by atoms with E-state index >= 15 is 0 Å². The van der Waals surface area contributed by atoms with Crippen molar-refractivity contribution < 1.29 is 28.7 Å². The Morgan fingerprint density at radius 2 is 1.38 bits per heavy atom. The first-order valence-electron chi connectivity index (χ1n) is 18.8. The second-order valence-corrected chi connectivity index (χ2v) is 13.6. The second-order valence-electron chi connectivity index (χ2n) is 13.6. The number of alkyl carbamates (subject to hydrolysis) is 2. The minimum Gasteiger partial charge on any atom is -0.453 e. The predicted molar refractivity (Wildman–Crippen MR) is 213 cm³/mol. The van der Waals surface area contributed by atoms with Gasteiger partial charge in [-0.05, 0) is 36.5 Å². The van der Waals surface area contributed by atoms with Crippen LogP contribution in [0.3, 0.4) is 0 Å². The van der Waals surface area contributed by atoms with E-state index in [2.05, 4.69) is 46.0 Å². The van der Waals surface area contributed by atoms with Gasteiger partial charge in [-0.3, -0.25) is 19.6 Å². The smallest absolute Gasteiger partial charge is 0.407 e. The molecular formula is C42H44N10O6. The summed E-state index contributed by atoms with van der Waals surface area (Å²) in [6, 6.07) is 24.6. The summed E-state index contributed by atoms with van der Waals surface area (Å²) in [7, 11) is 2.59. The highest BCUT2D eigenvalue weighted by atomic mass is 16.6. The molecule has 1 saturated heterocycles. The number of benzene rings is 3. The fraction of sp³-hybridized carbons (Fsp3) is 0.262. The van der Waals surface area contributed by atoms with E-state index in [0.29, 0.717) is 40.8 Å². The van der Waals surface area contributed by atoms with Crippen LogP contribution in [0.4, 0.5) is 9.59 Å². The molecule has 0 bridgehead atoms. The van der Waals surface area contributed by atoms with Gasteiger partial charge in [-0.2, -0.15) is 5.48 Å². The van der Waals surface area contributed by atoms with Gasteiger partial charge in [-0.15, -0.1) is 0 Å². The van der Waals surface area contributed by atoms with E-state index in [4.69, 9.17) is 14.3 Å². The molecule has 0 radical (unpaired) electrons. The lowest BCUT2D eigenvalue weighted by atomic mass is 10.1. The van der Waals surface area contributed by atoms with E-state index in [0.717, 1.165) is 35.2 Å². The Balaban J connectivity index is 0.959. The Kier molecular flexibility index (Phi) is 12.4. The zero-order valence-electron chi connectivity index (χ0n) is 32.2. The highest BCUT2D eigenvalue weighted by Gasteiger charge is 2.37. The molecule has 1 aliphatic rings. The summed E-state index contributed by atoms with van der Waals surface area (Å²) >= 11 is 0. The maximum Gasteiger partial charge on any atom is 0.407 e. The van der Waals surface area contributed by atoms with Crippen molar-refractivity contribution in [2.75, 3.05) is 27.4 Å². The number of nitrogens with one attached hydrogen (secondary N) is 5. The number of hydrogen-bond donors (Lipinski definition) is 5. The molecule has 16 heteroatoms. The molecule has 0 unspecified atom stereocenters. The Morgan fingerprint density at radius 1 is 0.741 bits per heavy atom. The van der Waals surface area contributed by atoms with Crippen LogP contribution >= 0.6 is 0 Å². The quantitative estimate of drug-likeness (QED) is 0.0770. The summed E-state index contributed by atoms with van der Waals surface area (Å²) < 4.78 is 9.59. The molecule has 0 saturated carbocycles. The van der Waals surface area contributed by atoms with Gasteiger partial charge in [0.25, 0.3) is 5.91 Å². The number of aromatic nitrogens is 6. The fourth-order valence-corrected chi connectivity index (χ4v) is 6.79. The highest BCUT2D eigenvalue weighted by Crippen LogP contribution is 2.34. The minimum absolute atomic E-state index is 0.157. The van der Waals surface area contributed by atoms with Gasteiger partial charge >= 0.3 is 12.2 Å². The molecule has 1 aliphatic heterocycles. The monoisotopic (exact) mass is 784 g/mol. The van der Waals surface area contributed by atoms with E-state index in [9.17, 15) is 14.4 Å². The Bertz CT molecular complexity index is 2280. The van der Waals surface area contributed by atoms with E-state index in [-0.39, 0.29) is 24.6 Å². The summed E-state index contributed by atoms with van der Waals surface area (Å²) in [6.45, 7) is 2.60. The van der Waals surface area contributed by atoms with Crippen LogP contribution in [0.5, 0.6) is 0 Å². The fourth-order valence-electron chi connectivity index (χ4n) is 6.79. The van der Waals surface area contributed by atoms with Crippen molar-refractivity contribution in [3.63, 3.8) is 0 Å². The van der Waals surface area contributed by atoms with Crippen LogP contribution in [-0.2, 0) is 19.1 Å². The zero-order valence-corrected chi connectivity index (χ0v) is 32.2. The van der Waals surface area contributed by atoms with E-state index in [1.807, 2.05) is 91.9 Å². The predicted octanol–water partition coefficient (Wildman–Crippen LogP) is 6.36. The van der Waals surface area contributed by atoms with Gasteiger partial charge in [0.15, 0.2) is 0 Å². The number of H-pyrrole nitrogens is 2.